The van der Waals surface area contributed by atoms with Crippen LogP contribution in [0.3, 0.4) is 0 Å². The van der Waals surface area contributed by atoms with Gasteiger partial charge in [0.2, 0.25) is 0 Å². The first-order valence-corrected chi connectivity index (χ1v) is 4.17. The minimum Gasteiger partial charge on any atom is -0.300 e. The molecule has 1 aromatic rings. The van der Waals surface area contributed by atoms with Gasteiger partial charge in [0, 0.05) is 18.8 Å². The van der Waals surface area contributed by atoms with Crippen molar-refractivity contribution in [2.24, 2.45) is 0 Å². The first kappa shape index (κ1) is 9.20. The molecule has 2 nitrogen and oxygen atoms in total. The highest BCUT2D eigenvalue weighted by molar-refractivity contribution is 6.21. The lowest BCUT2D eigenvalue weighted by atomic mass is 10.1. The van der Waals surface area contributed by atoms with E-state index >= 15 is 0 Å². The third-order valence-electron chi connectivity index (χ3n) is 1.53. The summed E-state index contributed by atoms with van der Waals surface area (Å²) in [6, 6.07) is 3.64. The van der Waals surface area contributed by atoms with Crippen LogP contribution in [0.15, 0.2) is 24.5 Å². The Hall–Kier alpha value is -0.890. The normalized spacial score (nSPS) is 12.5. The second-order valence-corrected chi connectivity index (χ2v) is 3.18. The molecule has 0 saturated heterocycles. The molecule has 0 amide bonds. The van der Waals surface area contributed by atoms with Crippen LogP contribution >= 0.6 is 11.6 Å². The Morgan fingerprint density at radius 3 is 2.67 bits per heavy atom. The highest BCUT2D eigenvalue weighted by atomic mass is 35.5. The van der Waals surface area contributed by atoms with E-state index in [9.17, 15) is 4.79 Å². The Bertz CT molecular complexity index is 260. The van der Waals surface area contributed by atoms with Crippen LogP contribution in [0.2, 0.25) is 0 Å². The maximum absolute atomic E-state index is 10.7. The molecule has 0 radical (unpaired) electrons. The van der Waals surface area contributed by atoms with Crippen LogP contribution < -0.4 is 0 Å². The molecule has 1 heterocycles. The van der Waals surface area contributed by atoms with Crippen molar-refractivity contribution in [3.63, 3.8) is 0 Å². The Morgan fingerprint density at radius 2 is 2.17 bits per heavy atom. The zero-order chi connectivity index (χ0) is 8.97. The van der Waals surface area contributed by atoms with E-state index in [2.05, 4.69) is 4.98 Å². The van der Waals surface area contributed by atoms with Crippen molar-refractivity contribution in [1.82, 2.24) is 4.98 Å². The molecule has 0 aromatic carbocycles. The monoisotopic (exact) mass is 183 g/mol. The van der Waals surface area contributed by atoms with Gasteiger partial charge in [0.25, 0.3) is 0 Å². The lowest BCUT2D eigenvalue weighted by molar-refractivity contribution is -0.117. The average Bonchev–Trinajstić information content (AvgIpc) is 2.05. The number of hydrogen-bond donors (Lipinski definition) is 0. The summed E-state index contributed by atoms with van der Waals surface area (Å²) < 4.78 is 0. The van der Waals surface area contributed by atoms with Crippen LogP contribution in [0.25, 0.3) is 0 Å². The van der Waals surface area contributed by atoms with Gasteiger partial charge in [-0.3, -0.25) is 9.78 Å². The number of Topliss-reactive ketones (excluding diaryl/α,β-unsaturated/α-hetero) is 1. The van der Waals surface area contributed by atoms with Gasteiger partial charge in [0.05, 0.1) is 5.38 Å². The number of pyridine rings is 1. The number of ketones is 1. The minimum absolute atomic E-state index is 0.104. The predicted octanol–water partition coefficient (Wildman–Crippen LogP) is 2.34. The van der Waals surface area contributed by atoms with Crippen molar-refractivity contribution in [2.75, 3.05) is 0 Å². The van der Waals surface area contributed by atoms with E-state index in [1.54, 1.807) is 12.4 Å². The fourth-order valence-corrected chi connectivity index (χ4v) is 1.31. The van der Waals surface area contributed by atoms with E-state index < -0.39 is 0 Å². The second kappa shape index (κ2) is 4.21. The number of hydrogen-bond acceptors (Lipinski definition) is 2. The number of alkyl halides is 1. The lowest BCUT2D eigenvalue weighted by Crippen LogP contribution is -1.97. The van der Waals surface area contributed by atoms with Crippen molar-refractivity contribution < 1.29 is 4.79 Å². The summed E-state index contributed by atoms with van der Waals surface area (Å²) in [4.78, 5) is 14.6. The second-order valence-electron chi connectivity index (χ2n) is 2.65. The molecule has 0 aliphatic heterocycles. The molecule has 1 atom stereocenters. The minimum atomic E-state index is -0.217. The number of nitrogens with zero attached hydrogens (tertiary/aromatic N) is 1. The van der Waals surface area contributed by atoms with Crippen molar-refractivity contribution in [3.8, 4) is 0 Å². The van der Waals surface area contributed by atoms with Gasteiger partial charge < -0.3 is 0 Å². The third kappa shape index (κ3) is 2.62. The maximum Gasteiger partial charge on any atom is 0.131 e. The average molecular weight is 184 g/mol. The smallest absolute Gasteiger partial charge is 0.131 e. The van der Waals surface area contributed by atoms with E-state index in [1.807, 2.05) is 12.1 Å². The molecule has 0 fully saturated rings. The summed E-state index contributed by atoms with van der Waals surface area (Å²) in [7, 11) is 0. The van der Waals surface area contributed by atoms with E-state index in [1.165, 1.54) is 6.92 Å². The molecule has 64 valence electrons. The third-order valence-corrected chi connectivity index (χ3v) is 1.94. The fourth-order valence-electron chi connectivity index (χ4n) is 0.942. The summed E-state index contributed by atoms with van der Waals surface area (Å²) in [6.45, 7) is 1.54. The maximum atomic E-state index is 10.7. The van der Waals surface area contributed by atoms with Crippen LogP contribution in [-0.2, 0) is 4.79 Å². The molecule has 0 N–H and O–H groups in total. The molecule has 0 aliphatic rings. The van der Waals surface area contributed by atoms with Gasteiger partial charge >= 0.3 is 0 Å². The lowest BCUT2D eigenvalue weighted by Gasteiger charge is -2.05. The van der Waals surface area contributed by atoms with Gasteiger partial charge in [0.1, 0.15) is 5.78 Å². The van der Waals surface area contributed by atoms with Crippen LogP contribution in [0, 0.1) is 0 Å². The van der Waals surface area contributed by atoms with Gasteiger partial charge in [0.15, 0.2) is 0 Å². The number of halogens is 1. The number of carbonyl (C=O) groups is 1. The predicted molar refractivity (Wildman–Crippen MR) is 48.1 cm³/mol. The van der Waals surface area contributed by atoms with Crippen LogP contribution in [-0.4, -0.2) is 10.8 Å². The molecule has 1 aromatic heterocycles. The quantitative estimate of drug-likeness (QED) is 0.674. The Morgan fingerprint density at radius 1 is 1.58 bits per heavy atom. The largest absolute Gasteiger partial charge is 0.300 e. The standard InChI is InChI=1S/C9H10ClNO/c1-7(12)6-9(10)8-2-4-11-5-3-8/h2-5,9H,6H2,1H3/t9-/m0/s1. The molecule has 0 bridgehead atoms. The number of carbonyl (C=O) groups excluding carboxylic acids is 1. The van der Waals surface area contributed by atoms with Crippen LogP contribution in [0.4, 0.5) is 0 Å². The molecule has 0 saturated carbocycles. The molecule has 0 aliphatic carbocycles. The Kier molecular flexibility index (Phi) is 3.23. The van der Waals surface area contributed by atoms with Gasteiger partial charge in [-0.05, 0) is 24.6 Å². The highest BCUT2D eigenvalue weighted by Gasteiger charge is 2.09. The molecule has 0 spiro atoms. The van der Waals surface area contributed by atoms with Gasteiger partial charge in [-0.1, -0.05) is 0 Å². The number of aromatic nitrogens is 1. The van der Waals surface area contributed by atoms with Gasteiger partial charge in [-0.2, -0.15) is 0 Å². The Labute approximate surface area is 76.6 Å². The van der Waals surface area contributed by atoms with E-state index in [4.69, 9.17) is 11.6 Å². The molecule has 0 unspecified atom stereocenters. The summed E-state index contributed by atoms with van der Waals surface area (Å²) in [6.07, 6.45) is 3.72. The van der Waals surface area contributed by atoms with Gasteiger partial charge in [-0.15, -0.1) is 11.6 Å². The van der Waals surface area contributed by atoms with E-state index in [-0.39, 0.29) is 11.2 Å². The molecular weight excluding hydrogens is 174 g/mol. The first-order valence-electron chi connectivity index (χ1n) is 3.73. The summed E-state index contributed by atoms with van der Waals surface area (Å²) in [5.74, 6) is 0.104. The molecule has 3 heteroatoms. The molecule has 1 rings (SSSR count). The molecular formula is C9H10ClNO. The van der Waals surface area contributed by atoms with Crippen molar-refractivity contribution >= 4 is 17.4 Å². The number of rotatable bonds is 3. The van der Waals surface area contributed by atoms with Crippen LogP contribution in [0.1, 0.15) is 24.3 Å². The van der Waals surface area contributed by atoms with Gasteiger partial charge in [-0.25, -0.2) is 0 Å². The molecule has 12 heavy (non-hydrogen) atoms. The SMILES string of the molecule is CC(=O)C[C@H](Cl)c1ccncc1. The van der Waals surface area contributed by atoms with Crippen LogP contribution in [0.5, 0.6) is 0 Å². The summed E-state index contributed by atoms with van der Waals surface area (Å²) in [5.41, 5.74) is 0.946. The van der Waals surface area contributed by atoms with E-state index in [0.717, 1.165) is 5.56 Å². The van der Waals surface area contributed by atoms with E-state index in [0.29, 0.717) is 6.42 Å². The zero-order valence-electron chi connectivity index (χ0n) is 6.83. The fraction of sp³-hybridized carbons (Fsp3) is 0.333. The first-order chi connectivity index (χ1) is 5.70. The topological polar surface area (TPSA) is 30.0 Å². The van der Waals surface area contributed by atoms with Crippen molar-refractivity contribution in [2.45, 2.75) is 18.7 Å². The summed E-state index contributed by atoms with van der Waals surface area (Å²) >= 11 is 5.95. The van der Waals surface area contributed by atoms with Crippen molar-refractivity contribution in [1.29, 1.82) is 0 Å². The zero-order valence-corrected chi connectivity index (χ0v) is 7.58. The van der Waals surface area contributed by atoms with Crippen molar-refractivity contribution in [3.05, 3.63) is 30.1 Å². The Balaban J connectivity index is 2.65. The highest BCUT2D eigenvalue weighted by Crippen LogP contribution is 2.23. The summed E-state index contributed by atoms with van der Waals surface area (Å²) in [5, 5.41) is -0.217.